The monoisotopic (exact) mass is 305 g/mol. The number of nitrogens with one attached hydrogen (secondary N) is 1. The summed E-state index contributed by atoms with van der Waals surface area (Å²) in [5.74, 6) is 0.0525. The molecule has 1 aliphatic rings. The molecule has 0 aliphatic heterocycles. The van der Waals surface area contributed by atoms with E-state index in [1.54, 1.807) is 0 Å². The molecule has 0 aromatic heterocycles. The lowest BCUT2D eigenvalue weighted by Crippen LogP contribution is -2.25. The number of hydrogen-bond acceptors (Lipinski definition) is 1. The highest BCUT2D eigenvalue weighted by Crippen LogP contribution is 2.27. The topological polar surface area (TPSA) is 29.1 Å². The van der Waals surface area contributed by atoms with Crippen LogP contribution in [-0.4, -0.2) is 11.9 Å². The predicted molar refractivity (Wildman–Crippen MR) is 96.2 cm³/mol. The van der Waals surface area contributed by atoms with Gasteiger partial charge in [-0.15, -0.1) is 0 Å². The molecule has 1 N–H and O–H groups in total. The van der Waals surface area contributed by atoms with Gasteiger partial charge in [-0.05, 0) is 67.5 Å². The first-order valence-corrected chi connectivity index (χ1v) is 8.20. The third kappa shape index (κ3) is 3.70. The van der Waals surface area contributed by atoms with Crippen molar-refractivity contribution in [2.75, 3.05) is 0 Å². The van der Waals surface area contributed by atoms with E-state index in [0.29, 0.717) is 6.04 Å². The predicted octanol–water partition coefficient (Wildman–Crippen LogP) is 4.65. The Morgan fingerprint density at radius 2 is 1.78 bits per heavy atom. The molecule has 23 heavy (non-hydrogen) atoms. The fraction of sp³-hybridized carbons (Fsp3) is 0.286. The molecule has 0 atom stereocenters. The summed E-state index contributed by atoms with van der Waals surface area (Å²) in [6.07, 6.45) is 4.22. The van der Waals surface area contributed by atoms with Gasteiger partial charge in [-0.25, -0.2) is 0 Å². The van der Waals surface area contributed by atoms with Crippen LogP contribution < -0.4 is 5.32 Å². The highest BCUT2D eigenvalue weighted by molar-refractivity contribution is 5.97. The van der Waals surface area contributed by atoms with Crippen molar-refractivity contribution in [2.45, 2.75) is 39.7 Å². The highest BCUT2D eigenvalue weighted by Gasteiger charge is 2.23. The number of carbonyl (C=O) groups is 1. The molecular formula is C21H23NO. The van der Waals surface area contributed by atoms with Gasteiger partial charge in [-0.3, -0.25) is 4.79 Å². The standard InChI is InChI=1S/C21H23NO/c1-14-13-20(17-7-5-4-6-8-17)15(2)11-18(14)12-16(3)21(23)22-19-9-10-19/h4-8,11-13,19H,9-10H2,1-3H3,(H,22,23). The highest BCUT2D eigenvalue weighted by atomic mass is 16.1. The van der Waals surface area contributed by atoms with Crippen LogP contribution in [0.2, 0.25) is 0 Å². The number of aryl methyl sites for hydroxylation is 2. The van der Waals surface area contributed by atoms with Crippen molar-refractivity contribution in [3.63, 3.8) is 0 Å². The first kappa shape index (κ1) is 15.5. The largest absolute Gasteiger partial charge is 0.350 e. The van der Waals surface area contributed by atoms with E-state index in [1.807, 2.05) is 19.1 Å². The lowest BCUT2D eigenvalue weighted by Gasteiger charge is -2.11. The quantitative estimate of drug-likeness (QED) is 0.818. The van der Waals surface area contributed by atoms with Crippen molar-refractivity contribution in [3.05, 3.63) is 64.7 Å². The summed E-state index contributed by atoms with van der Waals surface area (Å²) >= 11 is 0. The zero-order chi connectivity index (χ0) is 16.4. The molecule has 2 aromatic rings. The minimum absolute atomic E-state index is 0.0525. The minimum atomic E-state index is 0.0525. The third-order valence-corrected chi connectivity index (χ3v) is 4.34. The smallest absolute Gasteiger partial charge is 0.247 e. The van der Waals surface area contributed by atoms with Gasteiger partial charge in [0.2, 0.25) is 5.91 Å². The molecule has 1 aliphatic carbocycles. The molecule has 2 heteroatoms. The Kier molecular flexibility index (Phi) is 4.33. The molecule has 1 amide bonds. The zero-order valence-corrected chi connectivity index (χ0v) is 14.0. The van der Waals surface area contributed by atoms with Gasteiger partial charge in [-0.2, -0.15) is 0 Å². The fourth-order valence-corrected chi connectivity index (χ4v) is 2.75. The summed E-state index contributed by atoms with van der Waals surface area (Å²) in [6, 6.07) is 15.2. The Morgan fingerprint density at radius 3 is 2.43 bits per heavy atom. The summed E-state index contributed by atoms with van der Waals surface area (Å²) in [5.41, 5.74) is 6.78. The maximum absolute atomic E-state index is 12.1. The Hall–Kier alpha value is -2.35. The molecule has 3 rings (SSSR count). The van der Waals surface area contributed by atoms with Crippen LogP contribution >= 0.6 is 0 Å². The zero-order valence-electron chi connectivity index (χ0n) is 14.0. The van der Waals surface area contributed by atoms with Crippen LogP contribution in [0, 0.1) is 13.8 Å². The van der Waals surface area contributed by atoms with Gasteiger partial charge in [0.1, 0.15) is 0 Å². The van der Waals surface area contributed by atoms with Crippen molar-refractivity contribution < 1.29 is 4.79 Å². The second kappa shape index (κ2) is 6.41. The van der Waals surface area contributed by atoms with E-state index >= 15 is 0 Å². The van der Waals surface area contributed by atoms with E-state index < -0.39 is 0 Å². The van der Waals surface area contributed by atoms with Gasteiger partial charge < -0.3 is 5.32 Å². The number of carbonyl (C=O) groups excluding carboxylic acids is 1. The van der Waals surface area contributed by atoms with Crippen LogP contribution in [0.5, 0.6) is 0 Å². The molecule has 0 spiro atoms. The van der Waals surface area contributed by atoms with Crippen LogP contribution in [0.15, 0.2) is 48.0 Å². The molecule has 2 aromatic carbocycles. The maximum atomic E-state index is 12.1. The molecule has 1 fully saturated rings. The molecule has 0 radical (unpaired) electrons. The SMILES string of the molecule is CC(=Cc1cc(C)c(-c2ccccc2)cc1C)C(=O)NC1CC1. The van der Waals surface area contributed by atoms with Gasteiger partial charge >= 0.3 is 0 Å². The second-order valence-corrected chi connectivity index (χ2v) is 6.46. The average molecular weight is 305 g/mol. The van der Waals surface area contributed by atoms with Crippen molar-refractivity contribution in [1.29, 1.82) is 0 Å². The summed E-state index contributed by atoms with van der Waals surface area (Å²) in [5, 5.41) is 3.04. The summed E-state index contributed by atoms with van der Waals surface area (Å²) < 4.78 is 0. The first-order chi connectivity index (χ1) is 11.0. The number of rotatable bonds is 4. The second-order valence-electron chi connectivity index (χ2n) is 6.46. The van der Waals surface area contributed by atoms with E-state index in [2.05, 4.69) is 55.6 Å². The van der Waals surface area contributed by atoms with Crippen molar-refractivity contribution in [2.24, 2.45) is 0 Å². The summed E-state index contributed by atoms with van der Waals surface area (Å²) in [7, 11) is 0. The van der Waals surface area contributed by atoms with Crippen molar-refractivity contribution in [1.82, 2.24) is 5.32 Å². The van der Waals surface area contributed by atoms with Crippen LogP contribution in [-0.2, 0) is 4.79 Å². The van der Waals surface area contributed by atoms with E-state index in [4.69, 9.17) is 0 Å². The molecule has 118 valence electrons. The van der Waals surface area contributed by atoms with Crippen molar-refractivity contribution in [3.8, 4) is 11.1 Å². The van der Waals surface area contributed by atoms with Gasteiger partial charge in [0.05, 0.1) is 0 Å². The molecule has 2 nitrogen and oxygen atoms in total. The number of benzene rings is 2. The number of amides is 1. The van der Waals surface area contributed by atoms with E-state index in [-0.39, 0.29) is 5.91 Å². The molecule has 0 bridgehead atoms. The summed E-state index contributed by atoms with van der Waals surface area (Å²) in [6.45, 7) is 6.11. The lowest BCUT2D eigenvalue weighted by molar-refractivity contribution is -0.117. The Bertz CT molecular complexity index is 755. The first-order valence-electron chi connectivity index (χ1n) is 8.20. The Labute approximate surface area is 138 Å². The molecule has 0 heterocycles. The molecule has 0 unspecified atom stereocenters. The minimum Gasteiger partial charge on any atom is -0.350 e. The van der Waals surface area contributed by atoms with Crippen molar-refractivity contribution >= 4 is 12.0 Å². The van der Waals surface area contributed by atoms with E-state index in [1.165, 1.54) is 22.3 Å². The van der Waals surface area contributed by atoms with Crippen LogP contribution in [0.4, 0.5) is 0 Å². The summed E-state index contributed by atoms with van der Waals surface area (Å²) in [4.78, 5) is 12.1. The van der Waals surface area contributed by atoms with Gasteiger partial charge in [0.25, 0.3) is 0 Å². The normalized spacial score (nSPS) is 14.7. The van der Waals surface area contributed by atoms with Crippen LogP contribution in [0.25, 0.3) is 17.2 Å². The van der Waals surface area contributed by atoms with E-state index in [9.17, 15) is 4.79 Å². The van der Waals surface area contributed by atoms with Gasteiger partial charge in [0, 0.05) is 11.6 Å². The Morgan fingerprint density at radius 1 is 1.09 bits per heavy atom. The van der Waals surface area contributed by atoms with E-state index in [0.717, 1.165) is 24.0 Å². The maximum Gasteiger partial charge on any atom is 0.247 e. The molecule has 1 saturated carbocycles. The third-order valence-electron chi connectivity index (χ3n) is 4.34. The fourth-order valence-electron chi connectivity index (χ4n) is 2.75. The Balaban J connectivity index is 1.89. The molecular weight excluding hydrogens is 282 g/mol. The van der Waals surface area contributed by atoms with Gasteiger partial charge in [0.15, 0.2) is 0 Å². The van der Waals surface area contributed by atoms with Gasteiger partial charge in [-0.1, -0.05) is 42.5 Å². The number of hydrogen-bond donors (Lipinski definition) is 1. The average Bonchev–Trinajstić information content (AvgIpc) is 3.35. The lowest BCUT2D eigenvalue weighted by atomic mass is 9.94. The van der Waals surface area contributed by atoms with Crippen LogP contribution in [0.3, 0.4) is 0 Å². The van der Waals surface area contributed by atoms with Crippen LogP contribution in [0.1, 0.15) is 36.5 Å². The molecule has 0 saturated heterocycles.